The van der Waals surface area contributed by atoms with E-state index >= 15 is 0 Å². The zero-order chi connectivity index (χ0) is 59.2. The van der Waals surface area contributed by atoms with Crippen LogP contribution in [0.5, 0.6) is 0 Å². The number of hydrogen-bond donors (Lipinski definition) is 16. The number of rotatable bonds is 27. The molecule has 446 valence electrons. The summed E-state index contributed by atoms with van der Waals surface area (Å²) >= 11 is 0. The maximum atomic E-state index is 14.4. The van der Waals surface area contributed by atoms with Crippen molar-refractivity contribution in [3.8, 4) is 0 Å². The largest absolute Gasteiger partial charge is 0.396 e. The summed E-state index contributed by atoms with van der Waals surface area (Å²) in [6.45, 7) is 5.28. The van der Waals surface area contributed by atoms with Crippen molar-refractivity contribution >= 4 is 58.7 Å². The minimum atomic E-state index is -1.54. The zero-order valence-electron chi connectivity index (χ0n) is 46.3. The van der Waals surface area contributed by atoms with Crippen LogP contribution >= 0.6 is 0 Å². The summed E-state index contributed by atoms with van der Waals surface area (Å²) in [7, 11) is 0. The van der Waals surface area contributed by atoms with Crippen LogP contribution in [0.3, 0.4) is 0 Å². The molecule has 12 atom stereocenters. The van der Waals surface area contributed by atoms with Gasteiger partial charge in [-0.1, -0.05) is 44.2 Å². The maximum absolute atomic E-state index is 14.4. The smallest absolute Gasteiger partial charge is 0.245 e. The van der Waals surface area contributed by atoms with Gasteiger partial charge in [-0.2, -0.15) is 0 Å². The number of nitrogens with two attached hydrogens (primary N) is 5. The lowest BCUT2D eigenvalue weighted by molar-refractivity contribution is -0.136. The molecule has 1 aromatic rings. The number of hydrogen-bond acceptors (Lipinski definition) is 19. The van der Waals surface area contributed by atoms with E-state index in [0.717, 1.165) is 0 Å². The Morgan fingerprint density at radius 1 is 0.671 bits per heavy atom. The second-order valence-corrected chi connectivity index (χ2v) is 20.7. The Bertz CT molecular complexity index is 2120. The van der Waals surface area contributed by atoms with Gasteiger partial charge in [0.25, 0.3) is 0 Å². The Labute approximate surface area is 463 Å². The van der Waals surface area contributed by atoms with E-state index in [9.17, 15) is 63.3 Å². The van der Waals surface area contributed by atoms with E-state index in [1.807, 2.05) is 13.8 Å². The first-order chi connectivity index (χ1) is 37.5. The molecule has 1 aromatic carbocycles. The first kappa shape index (κ1) is 69.3. The van der Waals surface area contributed by atoms with Gasteiger partial charge in [0.1, 0.15) is 18.1 Å². The molecule has 0 saturated carbocycles. The highest BCUT2D eigenvalue weighted by molar-refractivity contribution is 5.98. The number of carbonyl (C=O) groups is 10. The standard InChI is InChI=1S/C53H91N13O13/c1-30(2)24-41-51(77)63-39(13-20-57)44(71)27-35(10-17-54)48(74)66-47(32(4)69)53(79)59-22-15-34(29-60-40(14-21-58)50(76)65-42(52(78)64-41)25-33-8-6-5-7-9-33)26-43(70)38(12-19-56)62-49(75)36(31(3)68)28-45(72)37(11-18-55)61-46(73)16-23-67/h5-9,30-32,34-42,47,60,67-69H,10-29,54-58H2,1-4H3,(H,59,79)(H,61,73)(H,62,75)(H,63,77)(H,64,78)(H,65,76)(H,66,74)/t31?,32?,34-,35-,36+,37+,38+,39+,40+,41+,42-,47+/m1/s1. The summed E-state index contributed by atoms with van der Waals surface area (Å²) in [4.78, 5) is 138. The zero-order valence-corrected chi connectivity index (χ0v) is 46.3. The molecular weight excluding hydrogens is 1030 g/mol. The fourth-order valence-electron chi connectivity index (χ4n) is 9.11. The summed E-state index contributed by atoms with van der Waals surface area (Å²) in [5.41, 5.74) is 30.1. The molecule has 0 aliphatic carbocycles. The summed E-state index contributed by atoms with van der Waals surface area (Å²) in [6, 6.07) is 0.137. The van der Waals surface area contributed by atoms with Crippen molar-refractivity contribution in [2.24, 2.45) is 52.3 Å². The van der Waals surface area contributed by atoms with E-state index in [1.54, 1.807) is 30.3 Å². The summed E-state index contributed by atoms with van der Waals surface area (Å²) in [6.07, 6.45) is -4.43. The number of carbonyl (C=O) groups excluding carboxylic acids is 10. The summed E-state index contributed by atoms with van der Waals surface area (Å²) in [5.74, 6) is -10.3. The van der Waals surface area contributed by atoms with Crippen LogP contribution in [0.4, 0.5) is 0 Å². The highest BCUT2D eigenvalue weighted by atomic mass is 16.3. The van der Waals surface area contributed by atoms with Gasteiger partial charge in [-0.15, -0.1) is 0 Å². The monoisotopic (exact) mass is 1120 g/mol. The molecule has 7 amide bonds. The minimum absolute atomic E-state index is 0.00666. The number of ketones is 3. The van der Waals surface area contributed by atoms with Crippen LogP contribution in [-0.4, -0.2) is 181 Å². The first-order valence-electron chi connectivity index (χ1n) is 27.5. The van der Waals surface area contributed by atoms with Gasteiger partial charge >= 0.3 is 0 Å². The fraction of sp³-hybridized carbons (Fsp3) is 0.698. The van der Waals surface area contributed by atoms with E-state index < -0.39 is 150 Å². The average Bonchev–Trinajstić information content (AvgIpc) is 3.39. The van der Waals surface area contributed by atoms with Gasteiger partial charge in [0.15, 0.2) is 17.3 Å². The van der Waals surface area contributed by atoms with Crippen LogP contribution in [-0.2, 0) is 54.4 Å². The minimum Gasteiger partial charge on any atom is -0.396 e. The molecule has 0 radical (unpaired) electrons. The van der Waals surface area contributed by atoms with E-state index in [-0.39, 0.29) is 116 Å². The molecule has 79 heavy (non-hydrogen) atoms. The number of benzene rings is 1. The van der Waals surface area contributed by atoms with Crippen LogP contribution in [0.2, 0.25) is 0 Å². The van der Waals surface area contributed by atoms with Crippen LogP contribution in [0, 0.1) is 23.7 Å². The third kappa shape index (κ3) is 25.0. The molecule has 1 aliphatic heterocycles. The van der Waals surface area contributed by atoms with Crippen molar-refractivity contribution in [2.45, 2.75) is 159 Å². The lowest BCUT2D eigenvalue weighted by Gasteiger charge is -2.28. The second-order valence-electron chi connectivity index (χ2n) is 20.7. The molecule has 0 bridgehead atoms. The number of aliphatic hydroxyl groups excluding tert-OH is 3. The Balaban J connectivity index is 2.68. The number of Topliss-reactive ketones (excluding diaryl/α,β-unsaturated/α-hetero) is 3. The van der Waals surface area contributed by atoms with Crippen molar-refractivity contribution in [1.29, 1.82) is 0 Å². The van der Waals surface area contributed by atoms with Crippen molar-refractivity contribution in [3.05, 3.63) is 35.9 Å². The average molecular weight is 1120 g/mol. The molecular formula is C53H91N13O13. The van der Waals surface area contributed by atoms with Gasteiger partial charge in [-0.3, -0.25) is 47.9 Å². The maximum Gasteiger partial charge on any atom is 0.245 e. The van der Waals surface area contributed by atoms with Crippen molar-refractivity contribution in [2.75, 3.05) is 52.4 Å². The first-order valence-corrected chi connectivity index (χ1v) is 27.5. The van der Waals surface area contributed by atoms with Crippen LogP contribution in [0.25, 0.3) is 0 Å². The Hall–Kier alpha value is -5.84. The summed E-state index contributed by atoms with van der Waals surface area (Å²) < 4.78 is 0. The van der Waals surface area contributed by atoms with E-state index in [2.05, 4.69) is 42.5 Å². The van der Waals surface area contributed by atoms with Gasteiger partial charge in [-0.05, 0) is 115 Å². The van der Waals surface area contributed by atoms with Crippen molar-refractivity contribution in [3.63, 3.8) is 0 Å². The van der Waals surface area contributed by atoms with Crippen LogP contribution in [0.15, 0.2) is 30.3 Å². The van der Waals surface area contributed by atoms with E-state index in [1.165, 1.54) is 13.8 Å². The SMILES string of the molecule is CC(C)C[C@@H]1NC(=O)[C@@H](Cc2ccccc2)NC(=O)[C@H](CCN)NC[C@@H](CC(=O)[C@H](CCN)NC(=O)[C@@H](CC(=O)[C@H](CCN)NC(=O)CCO)C(C)O)CCNC(=O)[C@H](C(C)O)NC(=O)[C@H](CCN)CC(=O)[C@H](CCN)NC1=O. The molecule has 1 saturated heterocycles. The predicted molar refractivity (Wildman–Crippen MR) is 293 cm³/mol. The van der Waals surface area contributed by atoms with Crippen LogP contribution < -0.4 is 71.2 Å². The number of nitrogens with one attached hydrogen (secondary N) is 8. The third-order valence-corrected chi connectivity index (χ3v) is 13.6. The Morgan fingerprint density at radius 3 is 1.81 bits per heavy atom. The molecule has 2 unspecified atom stereocenters. The number of amides is 7. The molecule has 1 fully saturated rings. The molecule has 26 nitrogen and oxygen atoms in total. The molecule has 1 heterocycles. The third-order valence-electron chi connectivity index (χ3n) is 13.6. The summed E-state index contributed by atoms with van der Waals surface area (Å²) in [5, 5.41) is 52.5. The van der Waals surface area contributed by atoms with Crippen molar-refractivity contribution in [1.82, 2.24) is 42.5 Å². The van der Waals surface area contributed by atoms with Gasteiger partial charge < -0.3 is 86.5 Å². The Morgan fingerprint density at radius 2 is 1.24 bits per heavy atom. The highest BCUT2D eigenvalue weighted by Gasteiger charge is 2.37. The van der Waals surface area contributed by atoms with Gasteiger partial charge in [-0.25, -0.2) is 0 Å². The topological polar surface area (TPSA) is 458 Å². The van der Waals surface area contributed by atoms with E-state index in [0.29, 0.717) is 5.56 Å². The molecule has 0 spiro atoms. The molecule has 26 heteroatoms. The molecule has 21 N–H and O–H groups in total. The molecule has 1 aliphatic rings. The number of aliphatic hydroxyl groups is 3. The van der Waals surface area contributed by atoms with Crippen molar-refractivity contribution < 1.29 is 63.3 Å². The van der Waals surface area contributed by atoms with Gasteiger partial charge in [0.2, 0.25) is 41.4 Å². The quantitative estimate of drug-likeness (QED) is 0.0393. The van der Waals surface area contributed by atoms with E-state index in [4.69, 9.17) is 28.7 Å². The molecule has 2 rings (SSSR count). The Kier molecular flexibility index (Phi) is 32.6. The normalized spacial score (nSPS) is 23.6. The molecule has 0 aromatic heterocycles. The fourth-order valence-corrected chi connectivity index (χ4v) is 9.11. The predicted octanol–water partition coefficient (Wildman–Crippen LogP) is -4.72. The lowest BCUT2D eigenvalue weighted by atomic mass is 9.90. The highest BCUT2D eigenvalue weighted by Crippen LogP contribution is 2.18. The lowest BCUT2D eigenvalue weighted by Crippen LogP contribution is -2.58. The second kappa shape index (κ2) is 37.2. The van der Waals surface area contributed by atoms with Gasteiger partial charge in [0.05, 0.1) is 48.9 Å². The van der Waals surface area contributed by atoms with Crippen LogP contribution in [0.1, 0.15) is 104 Å². The van der Waals surface area contributed by atoms with Gasteiger partial charge in [0, 0.05) is 44.6 Å².